The van der Waals surface area contributed by atoms with E-state index in [9.17, 15) is 0 Å². The summed E-state index contributed by atoms with van der Waals surface area (Å²) in [6, 6.07) is 7.65. The van der Waals surface area contributed by atoms with Crippen LogP contribution in [0.15, 0.2) is 36.8 Å². The highest BCUT2D eigenvalue weighted by Crippen LogP contribution is 2.21. The minimum absolute atomic E-state index is 0.465. The van der Waals surface area contributed by atoms with Crippen LogP contribution in [0.3, 0.4) is 0 Å². The lowest BCUT2D eigenvalue weighted by Gasteiger charge is -2.02. The van der Waals surface area contributed by atoms with Gasteiger partial charge in [-0.15, -0.1) is 0 Å². The summed E-state index contributed by atoms with van der Waals surface area (Å²) < 4.78 is 0.465. The third kappa shape index (κ3) is 1.78. The van der Waals surface area contributed by atoms with Crippen molar-refractivity contribution in [1.29, 1.82) is 5.26 Å². The number of hydrogen-bond acceptors (Lipinski definition) is 3. The van der Waals surface area contributed by atoms with Gasteiger partial charge in [-0.2, -0.15) is 5.26 Å². The van der Waals surface area contributed by atoms with Crippen LogP contribution in [0.25, 0.3) is 11.1 Å². The standard InChI is InChI=1S/C11H7N3S/c12-7-10-9(3-6-14-11(10)15)8-1-4-13-5-2-8/h1-6H,(H,14,15). The van der Waals surface area contributed by atoms with E-state index in [2.05, 4.69) is 16.0 Å². The van der Waals surface area contributed by atoms with Gasteiger partial charge in [0.15, 0.2) is 0 Å². The van der Waals surface area contributed by atoms with Crippen LogP contribution in [0, 0.1) is 16.0 Å². The van der Waals surface area contributed by atoms with Gasteiger partial charge in [-0.05, 0) is 23.8 Å². The first-order chi connectivity index (χ1) is 7.33. The van der Waals surface area contributed by atoms with Crippen molar-refractivity contribution in [3.63, 3.8) is 0 Å². The predicted octanol–water partition coefficient (Wildman–Crippen LogP) is 2.68. The number of H-pyrrole nitrogens is 1. The van der Waals surface area contributed by atoms with Crippen molar-refractivity contribution < 1.29 is 0 Å². The third-order valence-corrected chi connectivity index (χ3v) is 2.39. The van der Waals surface area contributed by atoms with Crippen LogP contribution in [0.5, 0.6) is 0 Å². The Balaban J connectivity index is 2.70. The molecule has 0 fully saturated rings. The lowest BCUT2D eigenvalue weighted by molar-refractivity contribution is 1.26. The first kappa shape index (κ1) is 9.56. The number of rotatable bonds is 1. The second kappa shape index (κ2) is 4.03. The Labute approximate surface area is 92.0 Å². The number of pyridine rings is 2. The fourth-order valence-electron chi connectivity index (χ4n) is 1.36. The second-order valence-electron chi connectivity index (χ2n) is 2.94. The third-order valence-electron chi connectivity index (χ3n) is 2.06. The van der Waals surface area contributed by atoms with E-state index < -0.39 is 0 Å². The molecule has 0 amide bonds. The summed E-state index contributed by atoms with van der Waals surface area (Å²) in [5.74, 6) is 0. The molecule has 0 aliphatic carbocycles. The molecule has 0 saturated carbocycles. The van der Waals surface area contributed by atoms with Gasteiger partial charge in [0.25, 0.3) is 0 Å². The number of hydrogen-bond donors (Lipinski definition) is 1. The highest BCUT2D eigenvalue weighted by Gasteiger charge is 2.05. The Morgan fingerprint density at radius 2 is 2.00 bits per heavy atom. The average Bonchev–Trinajstić information content (AvgIpc) is 2.30. The number of nitriles is 1. The van der Waals surface area contributed by atoms with Gasteiger partial charge in [0, 0.05) is 24.2 Å². The van der Waals surface area contributed by atoms with Gasteiger partial charge in [0.1, 0.15) is 10.7 Å². The molecule has 4 heteroatoms. The van der Waals surface area contributed by atoms with Crippen molar-refractivity contribution >= 4 is 12.2 Å². The van der Waals surface area contributed by atoms with Crippen LogP contribution < -0.4 is 0 Å². The summed E-state index contributed by atoms with van der Waals surface area (Å²) in [5.41, 5.74) is 2.28. The molecule has 0 bridgehead atoms. The molecule has 2 aromatic heterocycles. The van der Waals surface area contributed by atoms with Crippen molar-refractivity contribution in [1.82, 2.24) is 9.97 Å². The van der Waals surface area contributed by atoms with E-state index in [1.165, 1.54) is 0 Å². The molecule has 0 aliphatic rings. The zero-order chi connectivity index (χ0) is 10.7. The lowest BCUT2D eigenvalue weighted by Crippen LogP contribution is -1.88. The van der Waals surface area contributed by atoms with Crippen LogP contribution in [-0.2, 0) is 0 Å². The van der Waals surface area contributed by atoms with E-state index in [1.54, 1.807) is 18.6 Å². The molecule has 2 heterocycles. The second-order valence-corrected chi connectivity index (χ2v) is 3.35. The molecule has 2 rings (SSSR count). The highest BCUT2D eigenvalue weighted by molar-refractivity contribution is 7.71. The maximum atomic E-state index is 9.01. The minimum Gasteiger partial charge on any atom is -0.352 e. The SMILES string of the molecule is N#Cc1c(-c2ccncc2)cc[nH]c1=S. The van der Waals surface area contributed by atoms with Crippen molar-refractivity contribution in [3.05, 3.63) is 47.0 Å². The number of nitrogens with one attached hydrogen (secondary N) is 1. The van der Waals surface area contributed by atoms with Gasteiger partial charge in [-0.25, -0.2) is 0 Å². The Kier molecular flexibility index (Phi) is 2.57. The molecule has 0 atom stereocenters. The predicted molar refractivity (Wildman–Crippen MR) is 59.6 cm³/mol. The average molecular weight is 213 g/mol. The van der Waals surface area contributed by atoms with Gasteiger partial charge in [0.2, 0.25) is 0 Å². The topological polar surface area (TPSA) is 52.5 Å². The van der Waals surface area contributed by atoms with Crippen LogP contribution in [0.4, 0.5) is 0 Å². The number of aromatic nitrogens is 2. The van der Waals surface area contributed by atoms with Gasteiger partial charge < -0.3 is 4.98 Å². The fraction of sp³-hybridized carbons (Fsp3) is 0. The van der Waals surface area contributed by atoms with Gasteiger partial charge in [0.05, 0.1) is 5.56 Å². The van der Waals surface area contributed by atoms with Gasteiger partial charge in [-0.3, -0.25) is 4.98 Å². The molecule has 72 valence electrons. The summed E-state index contributed by atoms with van der Waals surface area (Å²) in [4.78, 5) is 6.77. The molecule has 0 unspecified atom stereocenters. The number of nitrogens with zero attached hydrogens (tertiary/aromatic N) is 2. The van der Waals surface area contributed by atoms with Crippen LogP contribution in [0.1, 0.15) is 5.56 Å². The molecule has 15 heavy (non-hydrogen) atoms. The maximum Gasteiger partial charge on any atom is 0.121 e. The molecule has 0 radical (unpaired) electrons. The normalized spacial score (nSPS) is 9.53. The van der Waals surface area contributed by atoms with E-state index >= 15 is 0 Å². The van der Waals surface area contributed by atoms with E-state index in [1.807, 2.05) is 18.2 Å². The summed E-state index contributed by atoms with van der Waals surface area (Å²) in [7, 11) is 0. The molecule has 0 aromatic carbocycles. The first-order valence-electron chi connectivity index (χ1n) is 4.35. The Bertz CT molecular complexity index is 566. The summed E-state index contributed by atoms with van der Waals surface area (Å²) in [5, 5.41) is 9.01. The molecule has 3 nitrogen and oxygen atoms in total. The molecule has 0 spiro atoms. The van der Waals surface area contributed by atoms with E-state index in [0.717, 1.165) is 11.1 Å². The minimum atomic E-state index is 0.465. The fourth-order valence-corrected chi connectivity index (χ4v) is 1.59. The lowest BCUT2D eigenvalue weighted by atomic mass is 10.0. The molecule has 2 aromatic rings. The Morgan fingerprint density at radius 3 is 2.67 bits per heavy atom. The van der Waals surface area contributed by atoms with E-state index in [0.29, 0.717) is 10.2 Å². The summed E-state index contributed by atoms with van der Waals surface area (Å²) in [6.45, 7) is 0. The Morgan fingerprint density at radius 1 is 1.27 bits per heavy atom. The van der Waals surface area contributed by atoms with Crippen LogP contribution in [0.2, 0.25) is 0 Å². The summed E-state index contributed by atoms with van der Waals surface area (Å²) >= 11 is 5.04. The maximum absolute atomic E-state index is 9.01. The molecule has 0 saturated heterocycles. The smallest absolute Gasteiger partial charge is 0.121 e. The largest absolute Gasteiger partial charge is 0.352 e. The van der Waals surface area contributed by atoms with Gasteiger partial charge >= 0.3 is 0 Å². The zero-order valence-corrected chi connectivity index (χ0v) is 8.58. The van der Waals surface area contributed by atoms with Crippen molar-refractivity contribution in [2.75, 3.05) is 0 Å². The van der Waals surface area contributed by atoms with Crippen molar-refractivity contribution in [3.8, 4) is 17.2 Å². The van der Waals surface area contributed by atoms with Gasteiger partial charge in [-0.1, -0.05) is 12.2 Å². The van der Waals surface area contributed by atoms with Crippen LogP contribution in [-0.4, -0.2) is 9.97 Å². The van der Waals surface area contributed by atoms with Crippen molar-refractivity contribution in [2.45, 2.75) is 0 Å². The Hall–Kier alpha value is -1.99. The van der Waals surface area contributed by atoms with Crippen LogP contribution >= 0.6 is 12.2 Å². The molecule has 0 aliphatic heterocycles. The summed E-state index contributed by atoms with van der Waals surface area (Å²) in [6.07, 6.45) is 5.12. The molecule has 1 N–H and O–H groups in total. The van der Waals surface area contributed by atoms with Crippen molar-refractivity contribution in [2.24, 2.45) is 0 Å². The molecular weight excluding hydrogens is 206 g/mol. The van der Waals surface area contributed by atoms with E-state index in [4.69, 9.17) is 17.5 Å². The zero-order valence-electron chi connectivity index (χ0n) is 7.77. The molecular formula is C11H7N3S. The quantitative estimate of drug-likeness (QED) is 0.741. The first-order valence-corrected chi connectivity index (χ1v) is 4.76. The monoisotopic (exact) mass is 213 g/mol. The number of aromatic amines is 1. The highest BCUT2D eigenvalue weighted by atomic mass is 32.1. The van der Waals surface area contributed by atoms with E-state index in [-0.39, 0.29) is 0 Å².